The highest BCUT2D eigenvalue weighted by atomic mass is 16.2. The second-order valence-corrected chi connectivity index (χ2v) is 6.07. The molecule has 0 aromatic heterocycles. The van der Waals surface area contributed by atoms with E-state index in [1.165, 1.54) is 0 Å². The summed E-state index contributed by atoms with van der Waals surface area (Å²) in [5, 5.41) is 3.18. The van der Waals surface area contributed by atoms with Gasteiger partial charge in [0, 0.05) is 32.2 Å². The summed E-state index contributed by atoms with van der Waals surface area (Å²) >= 11 is 0. The number of benzene rings is 1. The molecule has 1 heterocycles. The molecule has 1 atom stereocenters. The summed E-state index contributed by atoms with van der Waals surface area (Å²) in [4.78, 5) is 17.5. The molecule has 0 bridgehead atoms. The minimum absolute atomic E-state index is 0.134. The van der Waals surface area contributed by atoms with Gasteiger partial charge in [-0.25, -0.2) is 0 Å². The first-order valence-corrected chi connectivity index (χ1v) is 8.09. The maximum atomic E-state index is 12.7. The van der Waals surface area contributed by atoms with Gasteiger partial charge in [0.2, 0.25) is 5.91 Å². The highest BCUT2D eigenvalue weighted by molar-refractivity contribution is 5.83. The zero-order valence-electron chi connectivity index (χ0n) is 12.8. The van der Waals surface area contributed by atoms with E-state index in [9.17, 15) is 4.79 Å². The molecule has 3 rings (SSSR count). The Labute approximate surface area is 127 Å². The number of amides is 1. The van der Waals surface area contributed by atoms with Crippen LogP contribution < -0.4 is 5.32 Å². The van der Waals surface area contributed by atoms with Crippen molar-refractivity contribution < 1.29 is 4.79 Å². The Morgan fingerprint density at radius 1 is 1.19 bits per heavy atom. The van der Waals surface area contributed by atoms with E-state index in [0.29, 0.717) is 6.04 Å². The second kappa shape index (κ2) is 6.58. The fourth-order valence-electron chi connectivity index (χ4n) is 3.01. The van der Waals surface area contributed by atoms with E-state index in [2.05, 4.69) is 34.2 Å². The van der Waals surface area contributed by atoms with Gasteiger partial charge in [-0.2, -0.15) is 0 Å². The molecule has 0 spiro atoms. The van der Waals surface area contributed by atoms with Crippen LogP contribution in [0.15, 0.2) is 30.3 Å². The van der Waals surface area contributed by atoms with E-state index in [1.807, 2.05) is 18.2 Å². The van der Waals surface area contributed by atoms with Crippen LogP contribution in [0.25, 0.3) is 0 Å². The predicted molar refractivity (Wildman–Crippen MR) is 84.0 cm³/mol. The maximum absolute atomic E-state index is 12.7. The van der Waals surface area contributed by atoms with Crippen LogP contribution in [-0.2, 0) is 4.79 Å². The Bertz CT molecular complexity index is 464. The van der Waals surface area contributed by atoms with Crippen molar-refractivity contribution in [3.05, 3.63) is 35.9 Å². The summed E-state index contributed by atoms with van der Waals surface area (Å²) in [6.45, 7) is 7.33. The SMILES string of the molecule is CCN1CCN([C@@H](C(=O)NC2CC2)c2ccccc2)CC1. The molecule has 0 unspecified atom stereocenters. The Balaban J connectivity index is 1.74. The van der Waals surface area contributed by atoms with Gasteiger partial charge in [-0.15, -0.1) is 0 Å². The minimum atomic E-state index is -0.134. The predicted octanol–water partition coefficient (Wildman–Crippen LogP) is 1.64. The Morgan fingerprint density at radius 3 is 2.43 bits per heavy atom. The lowest BCUT2D eigenvalue weighted by Gasteiger charge is -2.38. The van der Waals surface area contributed by atoms with Crippen LogP contribution in [0, 0.1) is 0 Å². The van der Waals surface area contributed by atoms with Gasteiger partial charge in [-0.3, -0.25) is 9.69 Å². The zero-order chi connectivity index (χ0) is 14.7. The number of piperazine rings is 1. The first-order valence-electron chi connectivity index (χ1n) is 8.09. The van der Waals surface area contributed by atoms with Crippen molar-refractivity contribution in [2.45, 2.75) is 31.8 Å². The van der Waals surface area contributed by atoms with E-state index < -0.39 is 0 Å². The summed E-state index contributed by atoms with van der Waals surface area (Å²) in [5.41, 5.74) is 1.11. The third-order valence-electron chi connectivity index (χ3n) is 4.51. The molecule has 1 amide bonds. The molecule has 1 N–H and O–H groups in total. The lowest BCUT2D eigenvalue weighted by Crippen LogP contribution is -2.51. The van der Waals surface area contributed by atoms with Gasteiger partial charge < -0.3 is 10.2 Å². The van der Waals surface area contributed by atoms with Crippen molar-refractivity contribution in [1.29, 1.82) is 0 Å². The number of nitrogens with one attached hydrogen (secondary N) is 1. The van der Waals surface area contributed by atoms with Crippen molar-refractivity contribution in [2.24, 2.45) is 0 Å². The van der Waals surface area contributed by atoms with Crippen LogP contribution in [-0.4, -0.2) is 54.5 Å². The Hall–Kier alpha value is -1.39. The van der Waals surface area contributed by atoms with E-state index in [0.717, 1.165) is 51.1 Å². The second-order valence-electron chi connectivity index (χ2n) is 6.07. The van der Waals surface area contributed by atoms with Crippen molar-refractivity contribution in [2.75, 3.05) is 32.7 Å². The number of rotatable bonds is 5. The standard InChI is InChI=1S/C17H25N3O/c1-2-19-10-12-20(13-11-19)16(14-6-4-3-5-7-14)17(21)18-15-8-9-15/h3-7,15-16H,2,8-13H2,1H3,(H,18,21)/t16-/m1/s1. The lowest BCUT2D eigenvalue weighted by atomic mass is 10.0. The molecule has 2 fully saturated rings. The van der Waals surface area contributed by atoms with E-state index in [-0.39, 0.29) is 11.9 Å². The van der Waals surface area contributed by atoms with Crippen molar-refractivity contribution in [3.63, 3.8) is 0 Å². The van der Waals surface area contributed by atoms with Crippen molar-refractivity contribution in [1.82, 2.24) is 15.1 Å². The van der Waals surface area contributed by atoms with E-state index in [4.69, 9.17) is 0 Å². The topological polar surface area (TPSA) is 35.6 Å². The maximum Gasteiger partial charge on any atom is 0.242 e. The molecular formula is C17H25N3O. The van der Waals surface area contributed by atoms with Gasteiger partial charge in [0.15, 0.2) is 0 Å². The molecule has 1 saturated carbocycles. The summed E-state index contributed by atoms with van der Waals surface area (Å²) in [5.74, 6) is 0.175. The van der Waals surface area contributed by atoms with Gasteiger partial charge in [0.1, 0.15) is 6.04 Å². The van der Waals surface area contributed by atoms with E-state index >= 15 is 0 Å². The number of carbonyl (C=O) groups is 1. The van der Waals surface area contributed by atoms with Crippen molar-refractivity contribution in [3.8, 4) is 0 Å². The number of carbonyl (C=O) groups excluding carboxylic acids is 1. The Kier molecular flexibility index (Phi) is 4.56. The number of hydrogen-bond acceptors (Lipinski definition) is 3. The van der Waals surface area contributed by atoms with E-state index in [1.54, 1.807) is 0 Å². The fourth-order valence-corrected chi connectivity index (χ4v) is 3.01. The largest absolute Gasteiger partial charge is 0.352 e. The molecule has 4 heteroatoms. The molecule has 1 aliphatic heterocycles. The molecule has 1 saturated heterocycles. The van der Waals surface area contributed by atoms with Crippen LogP contribution in [0.2, 0.25) is 0 Å². The van der Waals surface area contributed by atoms with Crippen molar-refractivity contribution >= 4 is 5.91 Å². The number of nitrogens with zero attached hydrogens (tertiary/aromatic N) is 2. The smallest absolute Gasteiger partial charge is 0.242 e. The fraction of sp³-hybridized carbons (Fsp3) is 0.588. The number of hydrogen-bond donors (Lipinski definition) is 1. The van der Waals surface area contributed by atoms with Crippen LogP contribution in [0.5, 0.6) is 0 Å². The normalized spacial score (nSPS) is 22.0. The van der Waals surface area contributed by atoms with Gasteiger partial charge in [0.05, 0.1) is 0 Å². The molecule has 1 aliphatic carbocycles. The molecule has 2 aliphatic rings. The zero-order valence-corrected chi connectivity index (χ0v) is 12.8. The Morgan fingerprint density at radius 2 is 1.86 bits per heavy atom. The molecule has 1 aromatic carbocycles. The van der Waals surface area contributed by atoms with Gasteiger partial charge >= 0.3 is 0 Å². The third-order valence-corrected chi connectivity index (χ3v) is 4.51. The first-order chi connectivity index (χ1) is 10.3. The lowest BCUT2D eigenvalue weighted by molar-refractivity contribution is -0.127. The van der Waals surface area contributed by atoms with Gasteiger partial charge in [-0.1, -0.05) is 37.3 Å². The molecular weight excluding hydrogens is 262 g/mol. The molecule has 4 nitrogen and oxygen atoms in total. The average molecular weight is 287 g/mol. The monoisotopic (exact) mass is 287 g/mol. The highest BCUT2D eigenvalue weighted by Gasteiger charge is 2.33. The minimum Gasteiger partial charge on any atom is -0.352 e. The number of likely N-dealkylation sites (N-methyl/N-ethyl adjacent to an activating group) is 1. The summed E-state index contributed by atoms with van der Waals surface area (Å²) in [7, 11) is 0. The first kappa shape index (κ1) is 14.5. The highest BCUT2D eigenvalue weighted by Crippen LogP contribution is 2.25. The molecule has 114 valence electrons. The van der Waals surface area contributed by atoms with Crippen LogP contribution in [0.1, 0.15) is 31.4 Å². The quantitative estimate of drug-likeness (QED) is 0.894. The summed E-state index contributed by atoms with van der Waals surface area (Å²) < 4.78 is 0. The molecule has 1 aromatic rings. The molecule has 21 heavy (non-hydrogen) atoms. The van der Waals surface area contributed by atoms with Crippen LogP contribution in [0.4, 0.5) is 0 Å². The molecule has 0 radical (unpaired) electrons. The summed E-state index contributed by atoms with van der Waals surface area (Å²) in [6, 6.07) is 10.5. The van der Waals surface area contributed by atoms with Gasteiger partial charge in [0.25, 0.3) is 0 Å². The summed E-state index contributed by atoms with van der Waals surface area (Å²) in [6.07, 6.45) is 2.27. The van der Waals surface area contributed by atoms with Crippen LogP contribution in [0.3, 0.4) is 0 Å². The third kappa shape index (κ3) is 3.63. The van der Waals surface area contributed by atoms with Gasteiger partial charge in [-0.05, 0) is 24.9 Å². The average Bonchev–Trinajstić information content (AvgIpc) is 3.33. The van der Waals surface area contributed by atoms with Crippen LogP contribution >= 0.6 is 0 Å².